The van der Waals surface area contributed by atoms with Crippen molar-refractivity contribution in [2.75, 3.05) is 0 Å². The summed E-state index contributed by atoms with van der Waals surface area (Å²) >= 11 is 0. The Hall–Kier alpha value is -1.29. The molecule has 3 unspecified atom stereocenters. The topological polar surface area (TPSA) is 59.7 Å². The number of carbonyl (C=O) groups is 1. The Morgan fingerprint density at radius 3 is 2.89 bits per heavy atom. The molecule has 3 atom stereocenters. The number of hydrogen-bond donors (Lipinski definition) is 1. The van der Waals surface area contributed by atoms with Gasteiger partial charge in [-0.1, -0.05) is 13.8 Å². The second kappa shape index (κ2) is 5.57. The van der Waals surface area contributed by atoms with Gasteiger partial charge in [0, 0.05) is 5.56 Å². The summed E-state index contributed by atoms with van der Waals surface area (Å²) < 4.78 is 10.7. The van der Waals surface area contributed by atoms with Crippen LogP contribution in [0.3, 0.4) is 0 Å². The number of furan rings is 1. The first kappa shape index (κ1) is 13.1. The summed E-state index contributed by atoms with van der Waals surface area (Å²) in [6, 6.07) is 1.67. The standard InChI is InChI=1S/C14H20O4/c1-9-3-4-12(7-10(9)2)18-8-11-5-6-17-13(11)14(15)16/h5-6,9-10,12H,3-4,7-8H2,1-2H3,(H,15,16). The molecule has 1 heterocycles. The summed E-state index contributed by atoms with van der Waals surface area (Å²) in [6.45, 7) is 4.85. The van der Waals surface area contributed by atoms with Crippen LogP contribution in [0.15, 0.2) is 16.7 Å². The third-order valence-electron chi connectivity index (χ3n) is 3.97. The molecule has 0 aromatic carbocycles. The third kappa shape index (κ3) is 2.93. The molecule has 1 aliphatic carbocycles. The maximum Gasteiger partial charge on any atom is 0.372 e. The monoisotopic (exact) mass is 252 g/mol. The van der Waals surface area contributed by atoms with E-state index in [1.54, 1.807) is 6.07 Å². The fourth-order valence-corrected chi connectivity index (χ4v) is 2.49. The Labute approximate surface area is 107 Å². The lowest BCUT2D eigenvalue weighted by atomic mass is 9.80. The molecule has 1 aromatic heterocycles. The highest BCUT2D eigenvalue weighted by molar-refractivity contribution is 5.85. The van der Waals surface area contributed by atoms with Crippen LogP contribution in [0.4, 0.5) is 0 Å². The van der Waals surface area contributed by atoms with Gasteiger partial charge in [0.15, 0.2) is 0 Å². The highest BCUT2D eigenvalue weighted by Crippen LogP contribution is 2.31. The van der Waals surface area contributed by atoms with Crippen LogP contribution in [0.5, 0.6) is 0 Å². The van der Waals surface area contributed by atoms with Crippen molar-refractivity contribution in [1.29, 1.82) is 0 Å². The highest BCUT2D eigenvalue weighted by atomic mass is 16.5. The van der Waals surface area contributed by atoms with Gasteiger partial charge in [0.2, 0.25) is 5.76 Å². The van der Waals surface area contributed by atoms with Gasteiger partial charge in [-0.25, -0.2) is 4.79 Å². The fraction of sp³-hybridized carbons (Fsp3) is 0.643. The van der Waals surface area contributed by atoms with Gasteiger partial charge in [0.1, 0.15) is 0 Å². The van der Waals surface area contributed by atoms with Crippen LogP contribution >= 0.6 is 0 Å². The molecule has 0 bridgehead atoms. The molecule has 4 nitrogen and oxygen atoms in total. The molecule has 2 rings (SSSR count). The van der Waals surface area contributed by atoms with E-state index in [-0.39, 0.29) is 11.9 Å². The predicted octanol–water partition coefficient (Wildman–Crippen LogP) is 3.32. The molecule has 4 heteroatoms. The summed E-state index contributed by atoms with van der Waals surface area (Å²) in [5.41, 5.74) is 0.619. The molecule has 1 N–H and O–H groups in total. The lowest BCUT2D eigenvalue weighted by molar-refractivity contribution is -0.00814. The zero-order valence-electron chi connectivity index (χ0n) is 10.9. The van der Waals surface area contributed by atoms with E-state index in [1.807, 2.05) is 0 Å². The van der Waals surface area contributed by atoms with Crippen molar-refractivity contribution in [2.24, 2.45) is 11.8 Å². The van der Waals surface area contributed by atoms with E-state index < -0.39 is 5.97 Å². The zero-order chi connectivity index (χ0) is 13.1. The van der Waals surface area contributed by atoms with E-state index in [4.69, 9.17) is 14.3 Å². The van der Waals surface area contributed by atoms with E-state index in [0.29, 0.717) is 18.1 Å². The Kier molecular flexibility index (Phi) is 4.07. The van der Waals surface area contributed by atoms with Crippen molar-refractivity contribution in [3.05, 3.63) is 23.7 Å². The van der Waals surface area contributed by atoms with Crippen molar-refractivity contribution in [3.8, 4) is 0 Å². The van der Waals surface area contributed by atoms with Gasteiger partial charge in [0.05, 0.1) is 19.0 Å². The van der Waals surface area contributed by atoms with Crippen LogP contribution in [0.1, 0.15) is 49.2 Å². The van der Waals surface area contributed by atoms with Crippen molar-refractivity contribution >= 4 is 5.97 Å². The molecule has 0 amide bonds. The Bertz CT molecular complexity index is 410. The number of ether oxygens (including phenoxy) is 1. The number of hydrogen-bond acceptors (Lipinski definition) is 3. The van der Waals surface area contributed by atoms with Gasteiger partial charge in [-0.3, -0.25) is 0 Å². The number of carboxylic acids is 1. The van der Waals surface area contributed by atoms with Crippen LogP contribution in [0.25, 0.3) is 0 Å². The molecule has 0 aliphatic heterocycles. The van der Waals surface area contributed by atoms with Crippen molar-refractivity contribution in [1.82, 2.24) is 0 Å². The molecule has 18 heavy (non-hydrogen) atoms. The second-order valence-electron chi connectivity index (χ2n) is 5.28. The summed E-state index contributed by atoms with van der Waals surface area (Å²) in [7, 11) is 0. The Morgan fingerprint density at radius 1 is 1.44 bits per heavy atom. The highest BCUT2D eigenvalue weighted by Gasteiger charge is 2.25. The van der Waals surface area contributed by atoms with E-state index in [1.165, 1.54) is 12.7 Å². The predicted molar refractivity (Wildman–Crippen MR) is 66.4 cm³/mol. The lowest BCUT2D eigenvalue weighted by Gasteiger charge is -2.31. The minimum atomic E-state index is -1.04. The van der Waals surface area contributed by atoms with Crippen LogP contribution in [0, 0.1) is 11.8 Å². The van der Waals surface area contributed by atoms with E-state index >= 15 is 0 Å². The Balaban J connectivity index is 1.88. The number of carboxylic acid groups (broad SMARTS) is 1. The maximum absolute atomic E-state index is 10.9. The van der Waals surface area contributed by atoms with Crippen LogP contribution < -0.4 is 0 Å². The van der Waals surface area contributed by atoms with E-state index in [2.05, 4.69) is 13.8 Å². The first-order valence-electron chi connectivity index (χ1n) is 6.49. The normalized spacial score (nSPS) is 28.2. The summed E-state index contributed by atoms with van der Waals surface area (Å²) in [5.74, 6) is 0.386. The van der Waals surface area contributed by atoms with Gasteiger partial charge in [-0.2, -0.15) is 0 Å². The summed E-state index contributed by atoms with van der Waals surface area (Å²) in [6.07, 6.45) is 4.94. The van der Waals surface area contributed by atoms with Gasteiger partial charge in [0.25, 0.3) is 0 Å². The quantitative estimate of drug-likeness (QED) is 0.893. The first-order chi connectivity index (χ1) is 8.58. The van der Waals surface area contributed by atoms with Crippen molar-refractivity contribution < 1.29 is 19.1 Å². The van der Waals surface area contributed by atoms with Crippen LogP contribution in [-0.2, 0) is 11.3 Å². The van der Waals surface area contributed by atoms with Gasteiger partial charge in [-0.05, 0) is 37.2 Å². The molecule has 100 valence electrons. The largest absolute Gasteiger partial charge is 0.475 e. The van der Waals surface area contributed by atoms with Gasteiger partial charge >= 0.3 is 5.97 Å². The first-order valence-corrected chi connectivity index (χ1v) is 6.49. The average Bonchev–Trinajstić information content (AvgIpc) is 2.79. The maximum atomic E-state index is 10.9. The van der Waals surface area contributed by atoms with Gasteiger partial charge < -0.3 is 14.3 Å². The average molecular weight is 252 g/mol. The lowest BCUT2D eigenvalue weighted by Crippen LogP contribution is -2.26. The van der Waals surface area contributed by atoms with E-state index in [0.717, 1.165) is 18.8 Å². The molecular weight excluding hydrogens is 232 g/mol. The Morgan fingerprint density at radius 2 is 2.22 bits per heavy atom. The zero-order valence-corrected chi connectivity index (χ0v) is 10.9. The van der Waals surface area contributed by atoms with Crippen LogP contribution in [-0.4, -0.2) is 17.2 Å². The molecule has 1 fully saturated rings. The second-order valence-corrected chi connectivity index (χ2v) is 5.28. The van der Waals surface area contributed by atoms with Crippen LogP contribution in [0.2, 0.25) is 0 Å². The minimum Gasteiger partial charge on any atom is -0.475 e. The molecule has 0 spiro atoms. The van der Waals surface area contributed by atoms with Crippen molar-refractivity contribution in [3.63, 3.8) is 0 Å². The third-order valence-corrected chi connectivity index (χ3v) is 3.97. The van der Waals surface area contributed by atoms with Gasteiger partial charge in [-0.15, -0.1) is 0 Å². The summed E-state index contributed by atoms with van der Waals surface area (Å²) in [5, 5.41) is 8.92. The minimum absolute atomic E-state index is 0.00720. The SMILES string of the molecule is CC1CCC(OCc2ccoc2C(=O)O)CC1C. The molecule has 0 radical (unpaired) electrons. The smallest absolute Gasteiger partial charge is 0.372 e. The number of aromatic carboxylic acids is 1. The van der Waals surface area contributed by atoms with Crippen molar-refractivity contribution in [2.45, 2.75) is 45.8 Å². The molecule has 0 saturated heterocycles. The molecule has 1 aromatic rings. The number of rotatable bonds is 4. The molecule has 1 aliphatic rings. The molecular formula is C14H20O4. The molecule has 1 saturated carbocycles. The van der Waals surface area contributed by atoms with E-state index in [9.17, 15) is 4.79 Å². The fourth-order valence-electron chi connectivity index (χ4n) is 2.49. The summed E-state index contributed by atoms with van der Waals surface area (Å²) in [4.78, 5) is 10.9.